The number of amides is 1. The molecule has 0 aromatic heterocycles. The summed E-state index contributed by atoms with van der Waals surface area (Å²) in [7, 11) is 0. The van der Waals surface area contributed by atoms with Gasteiger partial charge < -0.3 is 15.1 Å². The summed E-state index contributed by atoms with van der Waals surface area (Å²) < 4.78 is 0. The minimum Gasteiger partial charge on any atom is -0.478 e. The molecule has 0 saturated heterocycles. The van der Waals surface area contributed by atoms with E-state index < -0.39 is 12.1 Å². The molecular weight excluding hydrogens is 174 g/mol. The third-order valence-electron chi connectivity index (χ3n) is 2.08. The maximum atomic E-state index is 10.6. The molecule has 5 nitrogen and oxygen atoms in total. The molecule has 2 N–H and O–H groups in total. The van der Waals surface area contributed by atoms with Crippen molar-refractivity contribution in [1.82, 2.24) is 4.90 Å². The van der Waals surface area contributed by atoms with Crippen LogP contribution in [-0.4, -0.2) is 39.8 Å². The Hall–Kier alpha value is -1.52. The van der Waals surface area contributed by atoms with Crippen LogP contribution in [0.2, 0.25) is 0 Å². The molecule has 72 valence electrons. The molecule has 0 unspecified atom stereocenters. The summed E-state index contributed by atoms with van der Waals surface area (Å²) in [5.74, 6) is -0.961. The van der Waals surface area contributed by atoms with Gasteiger partial charge in [-0.15, -0.1) is 0 Å². The number of carbonyl (C=O) groups is 2. The van der Waals surface area contributed by atoms with Crippen molar-refractivity contribution in [2.24, 2.45) is 0 Å². The zero-order valence-corrected chi connectivity index (χ0v) is 7.23. The Morgan fingerprint density at radius 1 is 1.54 bits per heavy atom. The Bertz CT molecular complexity index is 271. The number of carboxylic acids is 1. The molecule has 0 bridgehead atoms. The minimum absolute atomic E-state index is 0.259. The van der Waals surface area contributed by atoms with Crippen molar-refractivity contribution in [3.05, 3.63) is 11.6 Å². The summed E-state index contributed by atoms with van der Waals surface area (Å²) in [6.45, 7) is 1.92. The van der Waals surface area contributed by atoms with Crippen LogP contribution < -0.4 is 0 Å². The Labute approximate surface area is 75.3 Å². The van der Waals surface area contributed by atoms with E-state index in [1.165, 1.54) is 11.0 Å². The number of rotatable bonds is 1. The molecule has 1 heterocycles. The predicted molar refractivity (Wildman–Crippen MR) is 44.5 cm³/mol. The lowest BCUT2D eigenvalue weighted by atomic mass is 10.0. The predicted octanol–water partition coefficient (Wildman–Crippen LogP) is 0.770. The Morgan fingerprint density at radius 3 is 2.54 bits per heavy atom. The van der Waals surface area contributed by atoms with Crippen LogP contribution in [0.5, 0.6) is 0 Å². The second-order valence-electron chi connectivity index (χ2n) is 2.96. The Kier molecular flexibility index (Phi) is 2.55. The van der Waals surface area contributed by atoms with E-state index in [0.717, 1.165) is 0 Å². The first kappa shape index (κ1) is 9.57. The van der Waals surface area contributed by atoms with Crippen LogP contribution in [0, 0.1) is 0 Å². The van der Waals surface area contributed by atoms with E-state index in [0.29, 0.717) is 5.57 Å². The van der Waals surface area contributed by atoms with Crippen molar-refractivity contribution < 1.29 is 19.8 Å². The lowest BCUT2D eigenvalue weighted by Crippen LogP contribution is -2.40. The summed E-state index contributed by atoms with van der Waals surface area (Å²) in [6.07, 6.45) is 0.750. The normalized spacial score (nSPS) is 22.4. The van der Waals surface area contributed by atoms with Crippen LogP contribution in [0.15, 0.2) is 11.6 Å². The van der Waals surface area contributed by atoms with E-state index in [9.17, 15) is 9.59 Å². The first-order valence-corrected chi connectivity index (χ1v) is 3.96. The molecule has 1 aliphatic heterocycles. The number of nitrogens with zero attached hydrogens (tertiary/aromatic N) is 1. The third kappa shape index (κ3) is 1.99. The molecule has 0 aromatic carbocycles. The van der Waals surface area contributed by atoms with Gasteiger partial charge in [0.1, 0.15) is 0 Å². The van der Waals surface area contributed by atoms with Crippen LogP contribution in [0.1, 0.15) is 13.3 Å². The molecule has 13 heavy (non-hydrogen) atoms. The van der Waals surface area contributed by atoms with E-state index in [1.807, 2.05) is 0 Å². The molecule has 0 spiro atoms. The molecule has 1 atom stereocenters. The average molecular weight is 185 g/mol. The highest BCUT2D eigenvalue weighted by molar-refractivity contribution is 5.87. The largest absolute Gasteiger partial charge is 0.478 e. The molecular formula is C8H11NO4. The zero-order valence-electron chi connectivity index (χ0n) is 7.23. The summed E-state index contributed by atoms with van der Waals surface area (Å²) in [5.41, 5.74) is 0.296. The Morgan fingerprint density at radius 2 is 2.15 bits per heavy atom. The SMILES string of the molecule is C[C@H]1C=C(C(=O)O)CCN1C(=O)O. The fourth-order valence-electron chi connectivity index (χ4n) is 1.36. The molecule has 1 amide bonds. The topological polar surface area (TPSA) is 77.8 Å². The fraction of sp³-hybridized carbons (Fsp3) is 0.500. The van der Waals surface area contributed by atoms with E-state index in [-0.39, 0.29) is 19.0 Å². The highest BCUT2D eigenvalue weighted by Crippen LogP contribution is 2.16. The maximum Gasteiger partial charge on any atom is 0.407 e. The highest BCUT2D eigenvalue weighted by atomic mass is 16.4. The van der Waals surface area contributed by atoms with Crippen molar-refractivity contribution in [2.75, 3.05) is 6.54 Å². The third-order valence-corrected chi connectivity index (χ3v) is 2.08. The van der Waals surface area contributed by atoms with E-state index in [1.54, 1.807) is 6.92 Å². The van der Waals surface area contributed by atoms with Gasteiger partial charge in [0.25, 0.3) is 0 Å². The van der Waals surface area contributed by atoms with Gasteiger partial charge in [0.2, 0.25) is 0 Å². The molecule has 0 radical (unpaired) electrons. The molecule has 0 aromatic rings. The van der Waals surface area contributed by atoms with E-state index in [2.05, 4.69) is 0 Å². The molecule has 1 rings (SSSR count). The van der Waals surface area contributed by atoms with Crippen LogP contribution >= 0.6 is 0 Å². The second kappa shape index (κ2) is 3.47. The number of hydrogen-bond acceptors (Lipinski definition) is 2. The summed E-state index contributed by atoms with van der Waals surface area (Å²) >= 11 is 0. The van der Waals surface area contributed by atoms with Gasteiger partial charge in [-0.25, -0.2) is 9.59 Å². The van der Waals surface area contributed by atoms with Gasteiger partial charge in [0, 0.05) is 12.1 Å². The first-order valence-electron chi connectivity index (χ1n) is 3.96. The molecule has 0 saturated carbocycles. The van der Waals surface area contributed by atoms with Gasteiger partial charge in [-0.2, -0.15) is 0 Å². The quantitative estimate of drug-likeness (QED) is 0.632. The minimum atomic E-state index is -1.01. The number of hydrogen-bond donors (Lipinski definition) is 2. The van der Waals surface area contributed by atoms with E-state index >= 15 is 0 Å². The standard InChI is InChI=1S/C8H11NO4/c1-5-4-6(7(10)11)2-3-9(5)8(12)13/h4-5H,2-3H2,1H3,(H,10,11)(H,12,13)/t5-/m0/s1. The number of carboxylic acid groups (broad SMARTS) is 2. The van der Waals surface area contributed by atoms with Crippen molar-refractivity contribution >= 4 is 12.1 Å². The van der Waals surface area contributed by atoms with Crippen molar-refractivity contribution in [2.45, 2.75) is 19.4 Å². The maximum absolute atomic E-state index is 10.6. The second-order valence-corrected chi connectivity index (χ2v) is 2.96. The van der Waals surface area contributed by atoms with Gasteiger partial charge in [0.15, 0.2) is 0 Å². The van der Waals surface area contributed by atoms with Crippen molar-refractivity contribution in [3.63, 3.8) is 0 Å². The summed E-state index contributed by atoms with van der Waals surface area (Å²) in [6, 6.07) is -0.350. The van der Waals surface area contributed by atoms with Gasteiger partial charge in [0.05, 0.1) is 6.04 Å². The monoisotopic (exact) mass is 185 g/mol. The summed E-state index contributed by atoms with van der Waals surface area (Å²) in [4.78, 5) is 22.3. The van der Waals surface area contributed by atoms with Gasteiger partial charge in [-0.05, 0) is 13.3 Å². The molecule has 5 heteroatoms. The first-order chi connectivity index (χ1) is 6.02. The average Bonchev–Trinajstić information content (AvgIpc) is 2.03. The summed E-state index contributed by atoms with van der Waals surface area (Å²) in [5, 5.41) is 17.3. The Balaban J connectivity index is 2.77. The molecule has 0 aliphatic carbocycles. The van der Waals surface area contributed by atoms with Crippen LogP contribution in [-0.2, 0) is 4.79 Å². The lowest BCUT2D eigenvalue weighted by Gasteiger charge is -2.28. The lowest BCUT2D eigenvalue weighted by molar-refractivity contribution is -0.133. The van der Waals surface area contributed by atoms with Gasteiger partial charge in [-0.1, -0.05) is 6.08 Å². The van der Waals surface area contributed by atoms with Crippen LogP contribution in [0.3, 0.4) is 0 Å². The van der Waals surface area contributed by atoms with Gasteiger partial charge >= 0.3 is 12.1 Å². The molecule has 0 fully saturated rings. The fourth-order valence-corrected chi connectivity index (χ4v) is 1.36. The van der Waals surface area contributed by atoms with Gasteiger partial charge in [-0.3, -0.25) is 0 Å². The van der Waals surface area contributed by atoms with Crippen LogP contribution in [0.4, 0.5) is 4.79 Å². The van der Waals surface area contributed by atoms with E-state index in [4.69, 9.17) is 10.2 Å². The highest BCUT2D eigenvalue weighted by Gasteiger charge is 2.24. The smallest absolute Gasteiger partial charge is 0.407 e. The van der Waals surface area contributed by atoms with Crippen molar-refractivity contribution in [1.29, 1.82) is 0 Å². The van der Waals surface area contributed by atoms with Crippen LogP contribution in [0.25, 0.3) is 0 Å². The zero-order chi connectivity index (χ0) is 10.0. The molecule has 1 aliphatic rings. The number of aliphatic carboxylic acids is 1. The van der Waals surface area contributed by atoms with Crippen molar-refractivity contribution in [3.8, 4) is 0 Å².